The first-order valence-corrected chi connectivity index (χ1v) is 10.7. The molecule has 1 aromatic carbocycles. The molecule has 0 saturated carbocycles. The molecule has 1 aliphatic rings. The Kier molecular flexibility index (Phi) is 10.6. The van der Waals surface area contributed by atoms with E-state index in [-0.39, 0.29) is 35.7 Å². The SMILES string of the molecule is CCNC(=NCc1cccnc1Oc1cccc(F)c1)N1CCC(CC(=O)NC)CC1.I. The molecule has 9 heteroatoms. The van der Waals surface area contributed by atoms with Crippen LogP contribution in [-0.4, -0.2) is 48.4 Å². The molecule has 174 valence electrons. The van der Waals surface area contributed by atoms with Gasteiger partial charge in [0.1, 0.15) is 11.6 Å². The quantitative estimate of drug-likeness (QED) is 0.308. The zero-order valence-electron chi connectivity index (χ0n) is 18.5. The van der Waals surface area contributed by atoms with Crippen LogP contribution in [0.1, 0.15) is 31.7 Å². The Morgan fingerprint density at radius 1 is 1.28 bits per heavy atom. The summed E-state index contributed by atoms with van der Waals surface area (Å²) in [7, 11) is 1.68. The first kappa shape index (κ1) is 25.8. The lowest BCUT2D eigenvalue weighted by molar-refractivity contribution is -0.121. The maximum absolute atomic E-state index is 13.5. The van der Waals surface area contributed by atoms with E-state index in [1.807, 2.05) is 19.1 Å². The number of pyridine rings is 1. The normalized spacial score (nSPS) is 14.5. The van der Waals surface area contributed by atoms with Gasteiger partial charge in [-0.05, 0) is 43.9 Å². The van der Waals surface area contributed by atoms with Crippen molar-refractivity contribution < 1.29 is 13.9 Å². The van der Waals surface area contributed by atoms with Crippen LogP contribution in [-0.2, 0) is 11.3 Å². The predicted molar refractivity (Wildman–Crippen MR) is 134 cm³/mol. The number of carbonyl (C=O) groups is 1. The number of ether oxygens (including phenoxy) is 1. The molecule has 2 heterocycles. The molecule has 0 radical (unpaired) electrons. The molecule has 1 saturated heterocycles. The number of guanidine groups is 1. The molecule has 0 bridgehead atoms. The Hall–Kier alpha value is -2.43. The smallest absolute Gasteiger partial charge is 0.224 e. The summed E-state index contributed by atoms with van der Waals surface area (Å²) in [5.41, 5.74) is 0.816. The van der Waals surface area contributed by atoms with Gasteiger partial charge in [-0.15, -0.1) is 24.0 Å². The topological polar surface area (TPSA) is 78.9 Å². The third-order valence-corrected chi connectivity index (χ3v) is 5.26. The first-order valence-electron chi connectivity index (χ1n) is 10.7. The lowest BCUT2D eigenvalue weighted by Crippen LogP contribution is -2.46. The first-order chi connectivity index (χ1) is 15.1. The van der Waals surface area contributed by atoms with Gasteiger partial charge in [0, 0.05) is 50.9 Å². The molecule has 2 N–H and O–H groups in total. The predicted octanol–water partition coefficient (Wildman–Crippen LogP) is 3.94. The van der Waals surface area contributed by atoms with Gasteiger partial charge in [-0.25, -0.2) is 14.4 Å². The summed E-state index contributed by atoms with van der Waals surface area (Å²) in [6.45, 7) is 4.90. The minimum Gasteiger partial charge on any atom is -0.439 e. The number of likely N-dealkylation sites (tertiary alicyclic amines) is 1. The van der Waals surface area contributed by atoms with Crippen LogP contribution in [0.15, 0.2) is 47.6 Å². The fourth-order valence-electron chi connectivity index (χ4n) is 3.58. The van der Waals surface area contributed by atoms with E-state index in [1.54, 1.807) is 25.4 Å². The molecule has 1 aliphatic heterocycles. The van der Waals surface area contributed by atoms with Gasteiger partial charge in [-0.3, -0.25) is 4.79 Å². The summed E-state index contributed by atoms with van der Waals surface area (Å²) >= 11 is 0. The Morgan fingerprint density at radius 2 is 2.06 bits per heavy atom. The Morgan fingerprint density at radius 3 is 2.75 bits per heavy atom. The lowest BCUT2D eigenvalue weighted by Gasteiger charge is -2.34. The maximum Gasteiger partial charge on any atom is 0.224 e. The number of carbonyl (C=O) groups excluding carboxylic acids is 1. The van der Waals surface area contributed by atoms with Crippen molar-refractivity contribution in [2.24, 2.45) is 10.9 Å². The molecule has 32 heavy (non-hydrogen) atoms. The van der Waals surface area contributed by atoms with Crippen LogP contribution in [0.2, 0.25) is 0 Å². The number of nitrogens with one attached hydrogen (secondary N) is 2. The highest BCUT2D eigenvalue weighted by atomic mass is 127. The average Bonchev–Trinajstić information content (AvgIpc) is 2.78. The van der Waals surface area contributed by atoms with E-state index < -0.39 is 0 Å². The van der Waals surface area contributed by atoms with Gasteiger partial charge >= 0.3 is 0 Å². The van der Waals surface area contributed by atoms with Crippen LogP contribution in [0.3, 0.4) is 0 Å². The van der Waals surface area contributed by atoms with Gasteiger partial charge in [-0.1, -0.05) is 12.1 Å². The number of halogens is 2. The highest BCUT2D eigenvalue weighted by molar-refractivity contribution is 14.0. The molecule has 0 unspecified atom stereocenters. The number of piperidine rings is 1. The number of rotatable bonds is 7. The summed E-state index contributed by atoms with van der Waals surface area (Å²) in [5, 5.41) is 6.06. The van der Waals surface area contributed by atoms with Gasteiger partial charge in [0.25, 0.3) is 0 Å². The van der Waals surface area contributed by atoms with E-state index in [4.69, 9.17) is 9.73 Å². The van der Waals surface area contributed by atoms with E-state index in [0.29, 0.717) is 30.5 Å². The zero-order valence-corrected chi connectivity index (χ0v) is 20.8. The maximum atomic E-state index is 13.5. The molecular weight excluding hydrogens is 524 g/mol. The molecule has 0 aliphatic carbocycles. The van der Waals surface area contributed by atoms with Crippen molar-refractivity contribution in [1.29, 1.82) is 0 Å². The van der Waals surface area contributed by atoms with E-state index in [0.717, 1.165) is 44.0 Å². The number of aromatic nitrogens is 1. The van der Waals surface area contributed by atoms with E-state index >= 15 is 0 Å². The fourth-order valence-corrected chi connectivity index (χ4v) is 3.58. The molecule has 1 fully saturated rings. The Bertz CT molecular complexity index is 903. The van der Waals surface area contributed by atoms with Gasteiger partial charge in [0.15, 0.2) is 5.96 Å². The van der Waals surface area contributed by atoms with E-state index in [9.17, 15) is 9.18 Å². The standard InChI is InChI=1S/C23H30FN5O2.HI/c1-3-26-23(29-12-9-17(10-13-29)14-21(30)25-2)28-16-18-6-5-11-27-22(18)31-20-8-4-7-19(24)15-20;/h4-8,11,15,17H,3,9-10,12-14,16H2,1-2H3,(H,25,30)(H,26,28);1H. The van der Waals surface area contributed by atoms with Crippen molar-refractivity contribution in [3.8, 4) is 11.6 Å². The molecular formula is C23H31FIN5O2. The van der Waals surface area contributed by atoms with Crippen LogP contribution in [0.4, 0.5) is 4.39 Å². The van der Waals surface area contributed by atoms with Crippen molar-refractivity contribution in [3.63, 3.8) is 0 Å². The minimum absolute atomic E-state index is 0. The van der Waals surface area contributed by atoms with E-state index in [2.05, 4.69) is 20.5 Å². The molecule has 1 amide bonds. The summed E-state index contributed by atoms with van der Waals surface area (Å²) < 4.78 is 19.3. The van der Waals surface area contributed by atoms with Crippen molar-refractivity contribution in [1.82, 2.24) is 20.5 Å². The number of nitrogens with zero attached hydrogens (tertiary/aromatic N) is 3. The number of benzene rings is 1. The van der Waals surface area contributed by atoms with Crippen molar-refractivity contribution in [3.05, 3.63) is 54.0 Å². The number of hydrogen-bond acceptors (Lipinski definition) is 4. The van der Waals surface area contributed by atoms with Crippen molar-refractivity contribution >= 4 is 35.8 Å². The van der Waals surface area contributed by atoms with Gasteiger partial charge in [-0.2, -0.15) is 0 Å². The number of amides is 1. The van der Waals surface area contributed by atoms with Crippen LogP contribution < -0.4 is 15.4 Å². The lowest BCUT2D eigenvalue weighted by atomic mass is 9.93. The Balaban J connectivity index is 0.00000363. The van der Waals surface area contributed by atoms with Crippen LogP contribution >= 0.6 is 24.0 Å². The Labute approximate surface area is 205 Å². The van der Waals surface area contributed by atoms with E-state index in [1.165, 1.54) is 12.1 Å². The second-order valence-electron chi connectivity index (χ2n) is 7.51. The highest BCUT2D eigenvalue weighted by Gasteiger charge is 2.23. The molecule has 2 aromatic rings. The molecule has 0 atom stereocenters. The fraction of sp³-hybridized carbons (Fsp3) is 0.435. The summed E-state index contributed by atoms with van der Waals surface area (Å²) in [4.78, 5) is 23.0. The van der Waals surface area contributed by atoms with Crippen LogP contribution in [0.5, 0.6) is 11.6 Å². The third-order valence-electron chi connectivity index (χ3n) is 5.26. The van der Waals surface area contributed by atoms with Crippen molar-refractivity contribution in [2.45, 2.75) is 32.7 Å². The molecule has 1 aromatic heterocycles. The zero-order chi connectivity index (χ0) is 22.1. The highest BCUT2D eigenvalue weighted by Crippen LogP contribution is 2.24. The third kappa shape index (κ3) is 7.61. The largest absolute Gasteiger partial charge is 0.439 e. The van der Waals surface area contributed by atoms with Gasteiger partial charge in [0.05, 0.1) is 6.54 Å². The number of aliphatic imine (C=N–C) groups is 1. The summed E-state index contributed by atoms with van der Waals surface area (Å²) in [6, 6.07) is 9.73. The van der Waals surface area contributed by atoms with Gasteiger partial charge in [0.2, 0.25) is 11.8 Å². The van der Waals surface area contributed by atoms with Crippen molar-refractivity contribution in [2.75, 3.05) is 26.7 Å². The van der Waals surface area contributed by atoms with Crippen LogP contribution in [0.25, 0.3) is 0 Å². The van der Waals surface area contributed by atoms with Crippen LogP contribution in [0, 0.1) is 11.7 Å². The minimum atomic E-state index is -0.359. The number of hydrogen-bond donors (Lipinski definition) is 2. The molecule has 3 rings (SSSR count). The monoisotopic (exact) mass is 555 g/mol. The van der Waals surface area contributed by atoms with Gasteiger partial charge < -0.3 is 20.3 Å². The average molecular weight is 555 g/mol. The second-order valence-corrected chi connectivity index (χ2v) is 7.51. The molecule has 7 nitrogen and oxygen atoms in total. The second kappa shape index (κ2) is 13.2. The summed E-state index contributed by atoms with van der Waals surface area (Å²) in [6.07, 6.45) is 4.14. The summed E-state index contributed by atoms with van der Waals surface area (Å²) in [5.74, 6) is 1.79. The molecule has 0 spiro atoms.